The molecule has 9 heteroatoms. The number of fused-ring (bicyclic) bond motifs is 2. The Morgan fingerprint density at radius 2 is 1.77 bits per heavy atom. The largest absolute Gasteiger partial charge is 0.481 e. The Morgan fingerprint density at radius 3 is 2.46 bits per heavy atom. The van der Waals surface area contributed by atoms with E-state index in [2.05, 4.69) is 0 Å². The van der Waals surface area contributed by atoms with Crippen molar-refractivity contribution in [3.8, 4) is 0 Å². The molecule has 5 rings (SSSR count). The molecule has 0 bridgehead atoms. The first-order valence-corrected chi connectivity index (χ1v) is 13.5. The summed E-state index contributed by atoms with van der Waals surface area (Å²) in [6.45, 7) is 3.55. The van der Waals surface area contributed by atoms with Crippen LogP contribution in [0, 0.1) is 5.82 Å². The first kappa shape index (κ1) is 27.2. The first-order valence-electron chi connectivity index (χ1n) is 13.5. The lowest BCUT2D eigenvalue weighted by Crippen LogP contribution is -2.56. The minimum absolute atomic E-state index is 0.00505. The number of carboxylic acid groups (broad SMARTS) is 1. The first-order chi connectivity index (χ1) is 18.3. The summed E-state index contributed by atoms with van der Waals surface area (Å²) in [5.74, 6) is -4.60. The van der Waals surface area contributed by atoms with E-state index in [1.165, 1.54) is 11.0 Å². The molecule has 2 heterocycles. The van der Waals surface area contributed by atoms with Gasteiger partial charge in [0.15, 0.2) is 5.78 Å². The van der Waals surface area contributed by atoms with Crippen LogP contribution in [0.3, 0.4) is 0 Å². The highest BCUT2D eigenvalue weighted by atomic mass is 19.3. The number of aryl methyl sites for hydroxylation is 1. The van der Waals surface area contributed by atoms with E-state index in [1.54, 1.807) is 17.0 Å². The Kier molecular flexibility index (Phi) is 6.97. The van der Waals surface area contributed by atoms with Crippen molar-refractivity contribution in [2.45, 2.75) is 76.2 Å². The second-order valence-electron chi connectivity index (χ2n) is 11.7. The van der Waals surface area contributed by atoms with Gasteiger partial charge in [-0.2, -0.15) is 0 Å². The predicted octanol–water partition coefficient (Wildman–Crippen LogP) is 5.00. The Morgan fingerprint density at radius 1 is 1.03 bits per heavy atom. The fourth-order valence-corrected chi connectivity index (χ4v) is 6.31. The maximum absolute atomic E-state index is 15.1. The third kappa shape index (κ3) is 5.40. The summed E-state index contributed by atoms with van der Waals surface area (Å²) in [5.41, 5.74) is 4.00. The van der Waals surface area contributed by atoms with E-state index in [4.69, 9.17) is 5.11 Å². The minimum Gasteiger partial charge on any atom is -0.481 e. The molecule has 1 amide bonds. The van der Waals surface area contributed by atoms with Gasteiger partial charge in [-0.05, 0) is 77.1 Å². The van der Waals surface area contributed by atoms with Gasteiger partial charge in [0, 0.05) is 31.5 Å². The normalized spacial score (nSPS) is 20.7. The van der Waals surface area contributed by atoms with Crippen molar-refractivity contribution in [2.75, 3.05) is 24.5 Å². The lowest BCUT2D eigenvalue weighted by Gasteiger charge is -2.42. The Balaban J connectivity index is 1.43. The molecule has 0 aromatic heterocycles. The van der Waals surface area contributed by atoms with Gasteiger partial charge >= 0.3 is 5.97 Å². The zero-order valence-corrected chi connectivity index (χ0v) is 22.2. The number of halogens is 3. The molecule has 0 radical (unpaired) electrons. The molecule has 0 spiro atoms. The molecule has 1 fully saturated rings. The third-order valence-corrected chi connectivity index (χ3v) is 8.28. The Hall–Kier alpha value is -3.36. The van der Waals surface area contributed by atoms with Crippen LogP contribution in [0.1, 0.15) is 73.4 Å². The number of hydrogen-bond acceptors (Lipinski definition) is 4. The molecule has 1 aliphatic carbocycles. The number of aliphatic carboxylic acids is 1. The minimum atomic E-state index is -2.71. The summed E-state index contributed by atoms with van der Waals surface area (Å²) in [7, 11) is 0. The molecule has 2 aliphatic heterocycles. The van der Waals surface area contributed by atoms with Gasteiger partial charge in [-0.1, -0.05) is 26.0 Å². The number of carbonyl (C=O) groups excluding carboxylic acids is 2. The van der Waals surface area contributed by atoms with Gasteiger partial charge < -0.3 is 14.9 Å². The van der Waals surface area contributed by atoms with Crippen molar-refractivity contribution in [3.05, 3.63) is 64.0 Å². The van der Waals surface area contributed by atoms with Crippen LogP contribution >= 0.6 is 0 Å². The van der Waals surface area contributed by atoms with E-state index in [0.29, 0.717) is 28.8 Å². The summed E-state index contributed by atoms with van der Waals surface area (Å²) in [4.78, 5) is 41.0. The molecule has 1 atom stereocenters. The Labute approximate surface area is 225 Å². The standard InChI is InChI=1S/C30H33F3N2O4/c1-29(2)10-8-20-12-18(13-23(31)27(20)29)14-24(36)28-22-7-6-21(34-16-30(32,33)17-34)15-19(22)9-11-35(28)25(37)4-3-5-26(38)39/h6-7,12-13,15,28H,3-5,8-11,14,16-17H2,1-2H3,(H,38,39)/t28-/m1/s1. The number of carbonyl (C=O) groups is 3. The number of amides is 1. The van der Waals surface area contributed by atoms with E-state index in [1.807, 2.05) is 26.0 Å². The molecule has 0 unspecified atom stereocenters. The summed E-state index contributed by atoms with van der Waals surface area (Å²) in [5, 5.41) is 8.96. The monoisotopic (exact) mass is 542 g/mol. The fraction of sp³-hybridized carbons (Fsp3) is 0.500. The number of rotatable bonds is 8. The van der Waals surface area contributed by atoms with Crippen LogP contribution in [0.2, 0.25) is 0 Å². The average molecular weight is 543 g/mol. The molecule has 39 heavy (non-hydrogen) atoms. The van der Waals surface area contributed by atoms with Crippen LogP contribution < -0.4 is 4.90 Å². The molecular formula is C30H33F3N2O4. The SMILES string of the molecule is CC1(C)CCc2cc(CC(=O)[C@H]3c4ccc(N5CC(F)(F)C5)cc4CCN3C(=O)CCCC(=O)O)cc(F)c21. The van der Waals surface area contributed by atoms with Crippen LogP contribution in [0.15, 0.2) is 30.3 Å². The average Bonchev–Trinajstić information content (AvgIpc) is 3.15. The van der Waals surface area contributed by atoms with Crippen LogP contribution in [0.4, 0.5) is 18.9 Å². The van der Waals surface area contributed by atoms with Crippen molar-refractivity contribution < 1.29 is 32.7 Å². The van der Waals surface area contributed by atoms with Gasteiger partial charge in [0.1, 0.15) is 11.9 Å². The number of nitrogens with zero attached hydrogens (tertiary/aromatic N) is 2. The van der Waals surface area contributed by atoms with Gasteiger partial charge in [-0.15, -0.1) is 0 Å². The molecule has 0 saturated carbocycles. The van der Waals surface area contributed by atoms with Gasteiger partial charge in [0.2, 0.25) is 5.91 Å². The van der Waals surface area contributed by atoms with Crippen LogP contribution in [-0.4, -0.2) is 53.2 Å². The van der Waals surface area contributed by atoms with E-state index in [-0.39, 0.29) is 68.2 Å². The topological polar surface area (TPSA) is 77.9 Å². The molecule has 3 aliphatic rings. The van der Waals surface area contributed by atoms with Gasteiger partial charge in [-0.3, -0.25) is 14.4 Å². The number of benzene rings is 2. The zero-order valence-electron chi connectivity index (χ0n) is 22.2. The van der Waals surface area contributed by atoms with E-state index < -0.39 is 17.9 Å². The van der Waals surface area contributed by atoms with Crippen LogP contribution in [-0.2, 0) is 39.1 Å². The van der Waals surface area contributed by atoms with E-state index in [9.17, 15) is 23.2 Å². The number of carboxylic acids is 1. The number of alkyl halides is 2. The summed E-state index contributed by atoms with van der Waals surface area (Å²) >= 11 is 0. The van der Waals surface area contributed by atoms with Crippen molar-refractivity contribution in [1.82, 2.24) is 4.90 Å². The van der Waals surface area contributed by atoms with Crippen molar-refractivity contribution >= 4 is 23.3 Å². The zero-order chi connectivity index (χ0) is 28.1. The molecule has 1 saturated heterocycles. The molecule has 208 valence electrons. The van der Waals surface area contributed by atoms with Crippen molar-refractivity contribution in [1.29, 1.82) is 0 Å². The maximum Gasteiger partial charge on any atom is 0.303 e. The quantitative estimate of drug-likeness (QED) is 0.508. The lowest BCUT2D eigenvalue weighted by atomic mass is 9.84. The molecule has 1 N–H and O–H groups in total. The van der Waals surface area contributed by atoms with E-state index in [0.717, 1.165) is 24.0 Å². The van der Waals surface area contributed by atoms with Crippen molar-refractivity contribution in [2.24, 2.45) is 0 Å². The van der Waals surface area contributed by atoms with Gasteiger partial charge in [0.05, 0.1) is 13.1 Å². The van der Waals surface area contributed by atoms with E-state index >= 15 is 4.39 Å². The van der Waals surface area contributed by atoms with Crippen LogP contribution in [0.25, 0.3) is 0 Å². The fourth-order valence-electron chi connectivity index (χ4n) is 6.31. The third-order valence-electron chi connectivity index (χ3n) is 8.28. The highest BCUT2D eigenvalue weighted by molar-refractivity contribution is 5.92. The number of anilines is 1. The lowest BCUT2D eigenvalue weighted by molar-refractivity contribution is -0.141. The van der Waals surface area contributed by atoms with Gasteiger partial charge in [0.25, 0.3) is 5.92 Å². The summed E-state index contributed by atoms with van der Waals surface area (Å²) in [6.07, 6.45) is 1.96. The second-order valence-corrected chi connectivity index (χ2v) is 11.7. The number of Topliss-reactive ketones (excluding diaryl/α,β-unsaturated/α-hetero) is 1. The van der Waals surface area contributed by atoms with Gasteiger partial charge in [-0.25, -0.2) is 13.2 Å². The van der Waals surface area contributed by atoms with Crippen LogP contribution in [0.5, 0.6) is 0 Å². The van der Waals surface area contributed by atoms with Crippen molar-refractivity contribution in [3.63, 3.8) is 0 Å². The highest BCUT2D eigenvalue weighted by Gasteiger charge is 2.44. The number of ketones is 1. The maximum atomic E-state index is 15.1. The highest BCUT2D eigenvalue weighted by Crippen LogP contribution is 2.41. The molecule has 2 aromatic rings. The molecule has 6 nitrogen and oxygen atoms in total. The summed E-state index contributed by atoms with van der Waals surface area (Å²) in [6, 6.07) is 7.64. The smallest absolute Gasteiger partial charge is 0.303 e. The number of hydrogen-bond donors (Lipinski definition) is 1. The molecular weight excluding hydrogens is 509 g/mol. The molecule has 2 aromatic carbocycles. The Bertz CT molecular complexity index is 1330. The second kappa shape index (κ2) is 9.99. The summed E-state index contributed by atoms with van der Waals surface area (Å²) < 4.78 is 42.0. The predicted molar refractivity (Wildman–Crippen MR) is 140 cm³/mol.